The highest BCUT2D eigenvalue weighted by atomic mass is 16.5. The number of carbonyl (C=O) groups is 1. The van der Waals surface area contributed by atoms with E-state index in [0.717, 1.165) is 32.6 Å². The number of para-hydroxylation sites is 2. The van der Waals surface area contributed by atoms with Gasteiger partial charge in [-0.1, -0.05) is 12.1 Å². The first kappa shape index (κ1) is 15.6. The van der Waals surface area contributed by atoms with E-state index in [2.05, 4.69) is 0 Å². The lowest BCUT2D eigenvalue weighted by molar-refractivity contribution is -0.131. The summed E-state index contributed by atoms with van der Waals surface area (Å²) in [6.45, 7) is 2.77. The Kier molecular flexibility index (Phi) is 5.87. The van der Waals surface area contributed by atoms with Gasteiger partial charge in [0.2, 0.25) is 5.91 Å². The number of hydrogen-bond acceptors (Lipinski definition) is 4. The fourth-order valence-electron chi connectivity index (χ4n) is 2.47. The molecule has 116 valence electrons. The molecular formula is C16H24N2O3. The van der Waals surface area contributed by atoms with Crippen molar-refractivity contribution in [3.05, 3.63) is 24.3 Å². The van der Waals surface area contributed by atoms with Gasteiger partial charge in [-0.05, 0) is 30.9 Å². The first-order chi connectivity index (χ1) is 10.2. The Labute approximate surface area is 126 Å². The molecule has 1 saturated heterocycles. The molecule has 1 amide bonds. The lowest BCUT2D eigenvalue weighted by atomic mass is 10.00. The minimum Gasteiger partial charge on any atom is -0.491 e. The number of rotatable bonds is 6. The standard InChI is InChI=1S/C16H24N2O3/c1-18(12-13-6-9-20-10-7-13)16(19)8-11-21-15-5-3-2-4-14(15)17/h2-5,13H,6-12,17H2,1H3. The summed E-state index contributed by atoms with van der Waals surface area (Å²) in [5.74, 6) is 1.30. The van der Waals surface area contributed by atoms with Crippen molar-refractivity contribution in [2.24, 2.45) is 5.92 Å². The van der Waals surface area contributed by atoms with Gasteiger partial charge in [-0.3, -0.25) is 4.79 Å². The molecule has 5 heteroatoms. The maximum Gasteiger partial charge on any atom is 0.225 e. The molecule has 2 N–H and O–H groups in total. The van der Waals surface area contributed by atoms with Gasteiger partial charge in [0.25, 0.3) is 0 Å². The van der Waals surface area contributed by atoms with Crippen molar-refractivity contribution in [3.63, 3.8) is 0 Å². The quantitative estimate of drug-likeness (QED) is 0.814. The molecule has 0 saturated carbocycles. The van der Waals surface area contributed by atoms with Crippen LogP contribution >= 0.6 is 0 Å². The third-order valence-electron chi connectivity index (χ3n) is 3.79. The molecule has 5 nitrogen and oxygen atoms in total. The maximum atomic E-state index is 12.1. The predicted octanol–water partition coefficient (Wildman–Crippen LogP) is 1.92. The number of carbonyl (C=O) groups excluding carboxylic acids is 1. The summed E-state index contributed by atoms with van der Waals surface area (Å²) in [5.41, 5.74) is 6.39. The van der Waals surface area contributed by atoms with Crippen LogP contribution in [-0.2, 0) is 9.53 Å². The van der Waals surface area contributed by atoms with E-state index in [9.17, 15) is 4.79 Å². The number of benzene rings is 1. The molecule has 2 rings (SSSR count). The van der Waals surface area contributed by atoms with Crippen molar-refractivity contribution < 1.29 is 14.3 Å². The number of ether oxygens (including phenoxy) is 2. The summed E-state index contributed by atoms with van der Waals surface area (Å²) in [4.78, 5) is 13.9. The first-order valence-electron chi connectivity index (χ1n) is 7.46. The molecule has 0 unspecified atom stereocenters. The number of nitrogens with two attached hydrogens (primary N) is 1. The Bertz CT molecular complexity index is 459. The summed E-state index contributed by atoms with van der Waals surface area (Å²) in [7, 11) is 1.86. The van der Waals surface area contributed by atoms with Gasteiger partial charge >= 0.3 is 0 Å². The molecule has 0 radical (unpaired) electrons. The van der Waals surface area contributed by atoms with Gasteiger partial charge in [0.1, 0.15) is 5.75 Å². The number of hydrogen-bond donors (Lipinski definition) is 1. The second-order valence-electron chi connectivity index (χ2n) is 5.47. The molecule has 0 atom stereocenters. The molecule has 0 aromatic heterocycles. The van der Waals surface area contributed by atoms with E-state index in [4.69, 9.17) is 15.2 Å². The van der Waals surface area contributed by atoms with Gasteiger partial charge in [-0.25, -0.2) is 0 Å². The number of nitrogen functional groups attached to an aromatic ring is 1. The highest BCUT2D eigenvalue weighted by molar-refractivity contribution is 5.76. The molecule has 21 heavy (non-hydrogen) atoms. The molecule has 1 fully saturated rings. The molecule has 0 bridgehead atoms. The van der Waals surface area contributed by atoms with Crippen LogP contribution in [-0.4, -0.2) is 44.2 Å². The smallest absolute Gasteiger partial charge is 0.225 e. The van der Waals surface area contributed by atoms with Gasteiger partial charge in [-0.2, -0.15) is 0 Å². The number of nitrogens with zero attached hydrogens (tertiary/aromatic N) is 1. The largest absolute Gasteiger partial charge is 0.491 e. The van der Waals surface area contributed by atoms with Crippen LogP contribution in [0.4, 0.5) is 5.69 Å². The third kappa shape index (κ3) is 4.93. The van der Waals surface area contributed by atoms with E-state index in [1.165, 1.54) is 0 Å². The normalized spacial score (nSPS) is 15.7. The van der Waals surface area contributed by atoms with Crippen molar-refractivity contribution >= 4 is 11.6 Å². The summed E-state index contributed by atoms with van der Waals surface area (Å²) in [6.07, 6.45) is 2.44. The maximum absolute atomic E-state index is 12.1. The topological polar surface area (TPSA) is 64.8 Å². The molecule has 0 aliphatic carbocycles. The van der Waals surface area contributed by atoms with E-state index in [0.29, 0.717) is 30.4 Å². The van der Waals surface area contributed by atoms with Gasteiger partial charge in [0, 0.05) is 26.8 Å². The van der Waals surface area contributed by atoms with E-state index >= 15 is 0 Å². The van der Waals surface area contributed by atoms with Crippen molar-refractivity contribution in [3.8, 4) is 5.75 Å². The molecule has 1 aliphatic heterocycles. The highest BCUT2D eigenvalue weighted by Crippen LogP contribution is 2.20. The Morgan fingerprint density at radius 2 is 2.10 bits per heavy atom. The summed E-state index contributed by atoms with van der Waals surface area (Å²) >= 11 is 0. The van der Waals surface area contributed by atoms with Gasteiger partial charge in [0.05, 0.1) is 18.7 Å². The fraction of sp³-hybridized carbons (Fsp3) is 0.562. The average molecular weight is 292 g/mol. The molecule has 1 aromatic rings. The zero-order valence-electron chi connectivity index (χ0n) is 12.6. The summed E-state index contributed by atoms with van der Waals surface area (Å²) in [6, 6.07) is 7.32. The minimum atomic E-state index is 0.107. The average Bonchev–Trinajstić information content (AvgIpc) is 2.50. The van der Waals surface area contributed by atoms with Crippen LogP contribution < -0.4 is 10.5 Å². The molecule has 1 aromatic carbocycles. The minimum absolute atomic E-state index is 0.107. The lowest BCUT2D eigenvalue weighted by Crippen LogP contribution is -2.34. The van der Waals surface area contributed by atoms with Crippen LogP contribution in [0.15, 0.2) is 24.3 Å². The first-order valence-corrected chi connectivity index (χ1v) is 7.46. The summed E-state index contributed by atoms with van der Waals surface area (Å²) < 4.78 is 10.9. The fourth-order valence-corrected chi connectivity index (χ4v) is 2.47. The number of amides is 1. The van der Waals surface area contributed by atoms with Crippen LogP contribution in [0.1, 0.15) is 19.3 Å². The van der Waals surface area contributed by atoms with E-state index < -0.39 is 0 Å². The van der Waals surface area contributed by atoms with Crippen LogP contribution in [0.25, 0.3) is 0 Å². The van der Waals surface area contributed by atoms with Gasteiger partial charge in [-0.15, -0.1) is 0 Å². The van der Waals surface area contributed by atoms with Crippen molar-refractivity contribution in [1.29, 1.82) is 0 Å². The Morgan fingerprint density at radius 1 is 1.38 bits per heavy atom. The van der Waals surface area contributed by atoms with Crippen molar-refractivity contribution in [2.45, 2.75) is 19.3 Å². The van der Waals surface area contributed by atoms with Crippen LogP contribution in [0.2, 0.25) is 0 Å². The second-order valence-corrected chi connectivity index (χ2v) is 5.47. The summed E-state index contributed by atoms with van der Waals surface area (Å²) in [5, 5.41) is 0. The number of anilines is 1. The Morgan fingerprint density at radius 3 is 2.81 bits per heavy atom. The van der Waals surface area contributed by atoms with Crippen LogP contribution in [0.5, 0.6) is 5.75 Å². The van der Waals surface area contributed by atoms with E-state index in [-0.39, 0.29) is 5.91 Å². The second kappa shape index (κ2) is 7.88. The van der Waals surface area contributed by atoms with E-state index in [1.54, 1.807) is 11.0 Å². The monoisotopic (exact) mass is 292 g/mol. The van der Waals surface area contributed by atoms with E-state index in [1.807, 2.05) is 25.2 Å². The Balaban J connectivity index is 1.70. The zero-order chi connectivity index (χ0) is 15.1. The van der Waals surface area contributed by atoms with Crippen LogP contribution in [0.3, 0.4) is 0 Å². The van der Waals surface area contributed by atoms with Crippen molar-refractivity contribution in [1.82, 2.24) is 4.90 Å². The molecule has 1 aliphatic rings. The molecular weight excluding hydrogens is 268 g/mol. The zero-order valence-corrected chi connectivity index (χ0v) is 12.6. The molecule has 0 spiro atoms. The van der Waals surface area contributed by atoms with Gasteiger partial charge < -0.3 is 20.1 Å². The molecule has 1 heterocycles. The highest BCUT2D eigenvalue weighted by Gasteiger charge is 2.18. The van der Waals surface area contributed by atoms with Crippen molar-refractivity contribution in [2.75, 3.05) is 39.1 Å². The lowest BCUT2D eigenvalue weighted by Gasteiger charge is -2.27. The Hall–Kier alpha value is -1.75. The van der Waals surface area contributed by atoms with Gasteiger partial charge in [0.15, 0.2) is 0 Å². The predicted molar refractivity (Wildman–Crippen MR) is 82.1 cm³/mol. The SMILES string of the molecule is CN(CC1CCOCC1)C(=O)CCOc1ccccc1N. The van der Waals surface area contributed by atoms with Crippen LogP contribution in [0, 0.1) is 5.92 Å². The third-order valence-corrected chi connectivity index (χ3v) is 3.79.